The van der Waals surface area contributed by atoms with Crippen LogP contribution in [-0.4, -0.2) is 24.9 Å². The Balaban J connectivity index is 2.22. The van der Waals surface area contributed by atoms with E-state index in [0.717, 1.165) is 5.56 Å². The highest BCUT2D eigenvalue weighted by atomic mass is 35.5. The number of nitrogens with one attached hydrogen (secondary N) is 1. The largest absolute Gasteiger partial charge is 0.399 e. The third-order valence-corrected chi connectivity index (χ3v) is 3.29. The van der Waals surface area contributed by atoms with Crippen LogP contribution >= 0.6 is 11.6 Å². The summed E-state index contributed by atoms with van der Waals surface area (Å²) in [5.74, 6) is -0.0661. The summed E-state index contributed by atoms with van der Waals surface area (Å²) >= 11 is 5.97. The van der Waals surface area contributed by atoms with Gasteiger partial charge in [-0.25, -0.2) is 0 Å². The van der Waals surface area contributed by atoms with Crippen molar-refractivity contribution in [2.75, 3.05) is 25.1 Å². The average molecular weight is 304 g/mol. The molecule has 0 bridgehead atoms. The predicted octanol–water partition coefficient (Wildman–Crippen LogP) is 3.24. The maximum atomic E-state index is 12.2. The molecule has 0 aromatic heterocycles. The van der Waals surface area contributed by atoms with E-state index in [2.05, 4.69) is 5.32 Å². The van der Waals surface area contributed by atoms with Crippen LogP contribution in [0.4, 0.5) is 11.4 Å². The van der Waals surface area contributed by atoms with Crippen molar-refractivity contribution in [1.29, 1.82) is 0 Å². The zero-order valence-electron chi connectivity index (χ0n) is 12.1. The van der Waals surface area contributed by atoms with Crippen molar-refractivity contribution in [2.24, 2.45) is 0 Å². The number of nitrogens with two attached hydrogens (primary N) is 1. The van der Waals surface area contributed by atoms with Crippen molar-refractivity contribution in [2.45, 2.75) is 6.54 Å². The number of benzene rings is 2. The van der Waals surface area contributed by atoms with Crippen LogP contribution in [0.2, 0.25) is 5.02 Å². The molecule has 1 amide bonds. The van der Waals surface area contributed by atoms with E-state index in [0.29, 0.717) is 28.5 Å². The Morgan fingerprint density at radius 2 is 2.00 bits per heavy atom. The van der Waals surface area contributed by atoms with E-state index in [-0.39, 0.29) is 5.91 Å². The molecule has 21 heavy (non-hydrogen) atoms. The standard InChI is InChI=1S/C16H18ClN3O/c1-20(2)16(21)14-7-6-13(18)9-15(14)19-10-11-4-3-5-12(17)8-11/h3-9,19H,10,18H2,1-2H3. The molecular formula is C16H18ClN3O. The highest BCUT2D eigenvalue weighted by molar-refractivity contribution is 6.30. The molecule has 0 atom stereocenters. The number of nitrogen functional groups attached to an aromatic ring is 1. The molecule has 0 aliphatic rings. The molecule has 0 aliphatic heterocycles. The quantitative estimate of drug-likeness (QED) is 0.853. The summed E-state index contributed by atoms with van der Waals surface area (Å²) in [5, 5.41) is 3.93. The predicted molar refractivity (Wildman–Crippen MR) is 87.7 cm³/mol. The number of rotatable bonds is 4. The second kappa shape index (κ2) is 6.50. The number of halogens is 1. The fourth-order valence-corrected chi connectivity index (χ4v) is 2.19. The first-order valence-corrected chi connectivity index (χ1v) is 6.94. The van der Waals surface area contributed by atoms with E-state index in [9.17, 15) is 4.79 Å². The van der Waals surface area contributed by atoms with E-state index in [4.69, 9.17) is 17.3 Å². The molecule has 0 heterocycles. The summed E-state index contributed by atoms with van der Waals surface area (Å²) < 4.78 is 0. The van der Waals surface area contributed by atoms with Crippen LogP contribution in [0.15, 0.2) is 42.5 Å². The number of hydrogen-bond acceptors (Lipinski definition) is 3. The van der Waals surface area contributed by atoms with Crippen LogP contribution in [0.5, 0.6) is 0 Å². The minimum absolute atomic E-state index is 0.0661. The fraction of sp³-hybridized carbons (Fsp3) is 0.188. The van der Waals surface area contributed by atoms with Crippen molar-refractivity contribution in [3.63, 3.8) is 0 Å². The van der Waals surface area contributed by atoms with E-state index in [1.165, 1.54) is 4.90 Å². The van der Waals surface area contributed by atoms with E-state index in [1.807, 2.05) is 24.3 Å². The molecule has 3 N–H and O–H groups in total. The first-order valence-electron chi connectivity index (χ1n) is 6.57. The molecule has 0 spiro atoms. The second-order valence-corrected chi connectivity index (χ2v) is 5.42. The van der Waals surface area contributed by atoms with Gasteiger partial charge in [0.05, 0.1) is 5.56 Å². The highest BCUT2D eigenvalue weighted by Crippen LogP contribution is 2.22. The van der Waals surface area contributed by atoms with E-state index >= 15 is 0 Å². The first-order chi connectivity index (χ1) is 9.97. The van der Waals surface area contributed by atoms with E-state index < -0.39 is 0 Å². The van der Waals surface area contributed by atoms with Crippen LogP contribution in [0.25, 0.3) is 0 Å². The molecule has 5 heteroatoms. The van der Waals surface area contributed by atoms with Gasteiger partial charge >= 0.3 is 0 Å². The Hall–Kier alpha value is -2.20. The monoisotopic (exact) mass is 303 g/mol. The summed E-state index contributed by atoms with van der Waals surface area (Å²) in [6.07, 6.45) is 0. The summed E-state index contributed by atoms with van der Waals surface area (Å²) in [7, 11) is 3.44. The molecule has 0 unspecified atom stereocenters. The van der Waals surface area contributed by atoms with Crippen molar-refractivity contribution >= 4 is 28.9 Å². The lowest BCUT2D eigenvalue weighted by atomic mass is 10.1. The van der Waals surface area contributed by atoms with Crippen molar-refractivity contribution in [3.8, 4) is 0 Å². The normalized spacial score (nSPS) is 10.2. The molecule has 2 aromatic rings. The van der Waals surface area contributed by atoms with Gasteiger partial charge in [-0.05, 0) is 35.9 Å². The van der Waals surface area contributed by atoms with Crippen molar-refractivity contribution < 1.29 is 4.79 Å². The van der Waals surface area contributed by atoms with Gasteiger partial charge in [0, 0.05) is 37.0 Å². The molecule has 0 fully saturated rings. The van der Waals surface area contributed by atoms with Crippen LogP contribution in [0.1, 0.15) is 15.9 Å². The topological polar surface area (TPSA) is 58.4 Å². The molecule has 2 rings (SSSR count). The SMILES string of the molecule is CN(C)C(=O)c1ccc(N)cc1NCc1cccc(Cl)c1. The number of anilines is 2. The van der Waals surface area contributed by atoms with Gasteiger partial charge in [0.15, 0.2) is 0 Å². The van der Waals surface area contributed by atoms with Gasteiger partial charge in [0.2, 0.25) is 0 Å². The zero-order valence-corrected chi connectivity index (χ0v) is 12.8. The molecule has 0 aliphatic carbocycles. The number of hydrogen-bond donors (Lipinski definition) is 2. The average Bonchev–Trinajstić information content (AvgIpc) is 2.44. The van der Waals surface area contributed by atoms with Crippen LogP contribution in [0.3, 0.4) is 0 Å². The van der Waals surface area contributed by atoms with Crippen LogP contribution in [-0.2, 0) is 6.54 Å². The molecule has 0 saturated heterocycles. The number of carbonyl (C=O) groups is 1. The fourth-order valence-electron chi connectivity index (χ4n) is 1.98. The van der Waals surface area contributed by atoms with Crippen LogP contribution in [0, 0.1) is 0 Å². The number of carbonyl (C=O) groups excluding carboxylic acids is 1. The van der Waals surface area contributed by atoms with Gasteiger partial charge in [-0.3, -0.25) is 4.79 Å². The van der Waals surface area contributed by atoms with Gasteiger partial charge in [-0.1, -0.05) is 23.7 Å². The Kier molecular flexibility index (Phi) is 4.70. The Morgan fingerprint density at radius 3 is 2.67 bits per heavy atom. The number of nitrogens with zero attached hydrogens (tertiary/aromatic N) is 1. The van der Waals surface area contributed by atoms with Gasteiger partial charge in [0.25, 0.3) is 5.91 Å². The third kappa shape index (κ3) is 3.89. The maximum Gasteiger partial charge on any atom is 0.255 e. The maximum absolute atomic E-state index is 12.2. The summed E-state index contributed by atoms with van der Waals surface area (Å²) in [6.45, 7) is 0.567. The Labute approximate surface area is 129 Å². The zero-order chi connectivity index (χ0) is 15.4. The lowest BCUT2D eigenvalue weighted by Crippen LogP contribution is -2.23. The lowest BCUT2D eigenvalue weighted by Gasteiger charge is -2.16. The summed E-state index contributed by atoms with van der Waals surface area (Å²) in [5.41, 5.74) is 8.77. The smallest absolute Gasteiger partial charge is 0.255 e. The number of amides is 1. The van der Waals surface area contributed by atoms with E-state index in [1.54, 1.807) is 32.3 Å². The first kappa shape index (κ1) is 15.2. The molecule has 0 radical (unpaired) electrons. The molecule has 0 saturated carbocycles. The molecular weight excluding hydrogens is 286 g/mol. The van der Waals surface area contributed by atoms with Gasteiger partial charge in [-0.2, -0.15) is 0 Å². The second-order valence-electron chi connectivity index (χ2n) is 4.99. The summed E-state index contributed by atoms with van der Waals surface area (Å²) in [6, 6.07) is 12.8. The van der Waals surface area contributed by atoms with Gasteiger partial charge in [-0.15, -0.1) is 0 Å². The van der Waals surface area contributed by atoms with Crippen molar-refractivity contribution in [3.05, 3.63) is 58.6 Å². The minimum Gasteiger partial charge on any atom is -0.399 e. The summed E-state index contributed by atoms with van der Waals surface area (Å²) in [4.78, 5) is 13.7. The van der Waals surface area contributed by atoms with Crippen LogP contribution < -0.4 is 11.1 Å². The highest BCUT2D eigenvalue weighted by Gasteiger charge is 2.13. The lowest BCUT2D eigenvalue weighted by molar-refractivity contribution is 0.0828. The molecule has 110 valence electrons. The van der Waals surface area contributed by atoms with Gasteiger partial charge in [0.1, 0.15) is 0 Å². The Morgan fingerprint density at radius 1 is 1.24 bits per heavy atom. The van der Waals surface area contributed by atoms with Crippen molar-refractivity contribution in [1.82, 2.24) is 4.90 Å². The minimum atomic E-state index is -0.0661. The van der Waals surface area contributed by atoms with Gasteiger partial charge < -0.3 is 16.0 Å². The Bertz CT molecular complexity index is 656. The molecule has 2 aromatic carbocycles. The third-order valence-electron chi connectivity index (χ3n) is 3.05. The molecule has 4 nitrogen and oxygen atoms in total.